The number of benzene rings is 1. The third-order valence-electron chi connectivity index (χ3n) is 8.81. The van der Waals surface area contributed by atoms with Crippen LogP contribution >= 0.6 is 0 Å². The summed E-state index contributed by atoms with van der Waals surface area (Å²) in [5.41, 5.74) is 1.26. The highest BCUT2D eigenvalue weighted by Gasteiger charge is 2.58. The zero-order chi connectivity index (χ0) is 23.8. The van der Waals surface area contributed by atoms with E-state index in [4.69, 9.17) is 4.74 Å². The molecule has 0 aliphatic heterocycles. The van der Waals surface area contributed by atoms with Gasteiger partial charge in [-0.15, -0.1) is 0 Å². The van der Waals surface area contributed by atoms with Crippen LogP contribution in [0.1, 0.15) is 51.5 Å². The number of fused-ring (bicyclic) bond motifs is 2. The van der Waals surface area contributed by atoms with E-state index < -0.39 is 17.6 Å². The minimum Gasteiger partial charge on any atom is -0.497 e. The normalized spacial score (nSPS) is 34.1. The van der Waals surface area contributed by atoms with Gasteiger partial charge in [0.1, 0.15) is 5.75 Å². The van der Waals surface area contributed by atoms with Gasteiger partial charge in [0.05, 0.1) is 25.9 Å². The van der Waals surface area contributed by atoms with Gasteiger partial charge in [-0.1, -0.05) is 13.8 Å². The number of aliphatic hydroxyl groups excluding tert-OH is 3. The van der Waals surface area contributed by atoms with Crippen LogP contribution in [-0.2, 0) is 11.2 Å². The van der Waals surface area contributed by atoms with E-state index in [2.05, 4.69) is 17.2 Å². The molecule has 2 saturated carbocycles. The standard InChI is InChI=1S/C26H38N2O5/c1-25-10-8-23(31)26(2,15-29)22(25)7-6-21(30)19(25)13-24(32)27-11-9-16-14-28-20-5-4-17(33-3)12-18(16)20/h4-5,12,14,19,21-23,28-31H,6-11,13,15H2,1-3H3,(H,27,32). The van der Waals surface area contributed by atoms with E-state index in [0.29, 0.717) is 25.8 Å². The molecule has 7 heteroatoms. The zero-order valence-corrected chi connectivity index (χ0v) is 19.9. The second-order valence-electron chi connectivity index (χ2n) is 10.6. The summed E-state index contributed by atoms with van der Waals surface area (Å²) in [6, 6.07) is 5.90. The van der Waals surface area contributed by atoms with Crippen LogP contribution in [0.4, 0.5) is 0 Å². The van der Waals surface area contributed by atoms with E-state index in [1.165, 1.54) is 0 Å². The lowest BCUT2D eigenvalue weighted by Crippen LogP contribution is -2.60. The number of nitrogens with one attached hydrogen (secondary N) is 2. The maximum absolute atomic E-state index is 12.9. The van der Waals surface area contributed by atoms with Crippen molar-refractivity contribution < 1.29 is 24.9 Å². The fraction of sp³-hybridized carbons (Fsp3) is 0.654. The maximum atomic E-state index is 12.9. The molecule has 1 aromatic heterocycles. The molecule has 0 spiro atoms. The van der Waals surface area contributed by atoms with Crippen LogP contribution < -0.4 is 10.1 Å². The van der Waals surface area contributed by atoms with Crippen LogP contribution in [0.15, 0.2) is 24.4 Å². The van der Waals surface area contributed by atoms with Gasteiger partial charge in [-0.05, 0) is 73.1 Å². The van der Waals surface area contributed by atoms with Crippen molar-refractivity contribution in [1.29, 1.82) is 0 Å². The number of H-pyrrole nitrogens is 1. The minimum absolute atomic E-state index is 0.0600. The highest BCUT2D eigenvalue weighted by atomic mass is 16.5. The highest BCUT2D eigenvalue weighted by molar-refractivity contribution is 5.84. The molecular weight excluding hydrogens is 420 g/mol. The highest BCUT2D eigenvalue weighted by Crippen LogP contribution is 2.60. The summed E-state index contributed by atoms with van der Waals surface area (Å²) in [5, 5.41) is 35.7. The maximum Gasteiger partial charge on any atom is 0.220 e. The molecule has 0 saturated heterocycles. The van der Waals surface area contributed by atoms with Crippen molar-refractivity contribution in [1.82, 2.24) is 10.3 Å². The number of rotatable bonds is 7. The van der Waals surface area contributed by atoms with Crippen LogP contribution in [0.5, 0.6) is 5.75 Å². The van der Waals surface area contributed by atoms with Crippen LogP contribution in [-0.4, -0.2) is 58.7 Å². The number of methoxy groups -OCH3 is 1. The van der Waals surface area contributed by atoms with Gasteiger partial charge < -0.3 is 30.4 Å². The summed E-state index contributed by atoms with van der Waals surface area (Å²) in [6.45, 7) is 4.51. The van der Waals surface area contributed by atoms with Crippen molar-refractivity contribution in [2.24, 2.45) is 22.7 Å². The molecule has 182 valence electrons. The Morgan fingerprint density at radius 2 is 2.03 bits per heavy atom. The molecule has 33 heavy (non-hydrogen) atoms. The summed E-state index contributed by atoms with van der Waals surface area (Å²) in [7, 11) is 1.65. The van der Waals surface area contributed by atoms with Gasteiger partial charge in [0.15, 0.2) is 0 Å². The van der Waals surface area contributed by atoms with E-state index in [-0.39, 0.29) is 36.2 Å². The first-order valence-electron chi connectivity index (χ1n) is 12.1. The van der Waals surface area contributed by atoms with Gasteiger partial charge in [0.25, 0.3) is 0 Å². The number of carbonyl (C=O) groups is 1. The topological polar surface area (TPSA) is 115 Å². The lowest BCUT2D eigenvalue weighted by Gasteiger charge is -2.60. The van der Waals surface area contributed by atoms with Gasteiger partial charge in [-0.25, -0.2) is 0 Å². The van der Waals surface area contributed by atoms with Crippen LogP contribution in [0.2, 0.25) is 0 Å². The molecule has 1 aromatic carbocycles. The lowest BCUT2D eigenvalue weighted by atomic mass is 9.46. The van der Waals surface area contributed by atoms with Crippen LogP contribution in [0.3, 0.4) is 0 Å². The monoisotopic (exact) mass is 458 g/mol. The number of hydrogen-bond acceptors (Lipinski definition) is 5. The van der Waals surface area contributed by atoms with E-state index in [0.717, 1.165) is 35.1 Å². The Bertz CT molecular complexity index is 990. The first kappa shape index (κ1) is 24.0. The van der Waals surface area contributed by atoms with Crippen molar-refractivity contribution in [3.8, 4) is 5.75 Å². The SMILES string of the molecule is COc1ccc2[nH]cc(CCNC(=O)CC3C(O)CCC4C(C)(CO)C(O)CCC34C)c2c1. The first-order chi connectivity index (χ1) is 15.7. The summed E-state index contributed by atoms with van der Waals surface area (Å²) in [4.78, 5) is 16.2. The average molecular weight is 459 g/mol. The van der Waals surface area contributed by atoms with E-state index >= 15 is 0 Å². The van der Waals surface area contributed by atoms with E-state index in [9.17, 15) is 20.1 Å². The van der Waals surface area contributed by atoms with Gasteiger partial charge >= 0.3 is 0 Å². The molecule has 4 rings (SSSR count). The predicted molar refractivity (Wildman–Crippen MR) is 127 cm³/mol. The average Bonchev–Trinajstić information content (AvgIpc) is 3.21. The van der Waals surface area contributed by atoms with E-state index in [1.807, 2.05) is 31.3 Å². The third kappa shape index (κ3) is 4.27. The number of carbonyl (C=O) groups excluding carboxylic acids is 1. The Kier molecular flexibility index (Phi) is 6.76. The largest absolute Gasteiger partial charge is 0.497 e. The number of hydrogen-bond donors (Lipinski definition) is 5. The smallest absolute Gasteiger partial charge is 0.220 e. The van der Waals surface area contributed by atoms with Crippen molar-refractivity contribution in [2.45, 2.75) is 64.6 Å². The molecule has 1 heterocycles. The van der Waals surface area contributed by atoms with Crippen molar-refractivity contribution in [3.05, 3.63) is 30.0 Å². The number of aromatic nitrogens is 1. The van der Waals surface area contributed by atoms with Crippen LogP contribution in [0, 0.1) is 22.7 Å². The molecule has 2 aromatic rings. The van der Waals surface area contributed by atoms with Crippen molar-refractivity contribution >= 4 is 16.8 Å². The molecule has 6 unspecified atom stereocenters. The third-order valence-corrected chi connectivity index (χ3v) is 8.81. The predicted octanol–water partition coefficient (Wildman–Crippen LogP) is 2.77. The fourth-order valence-electron chi connectivity index (χ4n) is 6.70. The van der Waals surface area contributed by atoms with Crippen molar-refractivity contribution in [2.75, 3.05) is 20.3 Å². The molecule has 2 aliphatic carbocycles. The van der Waals surface area contributed by atoms with Gasteiger partial charge in [0.2, 0.25) is 5.91 Å². The Balaban J connectivity index is 1.40. The minimum atomic E-state index is -0.599. The molecule has 1 amide bonds. The second kappa shape index (κ2) is 9.28. The van der Waals surface area contributed by atoms with E-state index in [1.54, 1.807) is 7.11 Å². The summed E-state index contributed by atoms with van der Waals surface area (Å²) < 4.78 is 5.33. The zero-order valence-electron chi connectivity index (χ0n) is 19.9. The number of aliphatic hydroxyl groups is 3. The quantitative estimate of drug-likeness (QED) is 0.438. The summed E-state index contributed by atoms with van der Waals surface area (Å²) >= 11 is 0. The van der Waals surface area contributed by atoms with Gasteiger partial charge in [-0.3, -0.25) is 4.79 Å². The Morgan fingerprint density at radius 3 is 2.76 bits per heavy atom. The van der Waals surface area contributed by atoms with Gasteiger partial charge in [0, 0.05) is 35.5 Å². The Morgan fingerprint density at radius 1 is 1.24 bits per heavy atom. The van der Waals surface area contributed by atoms with Crippen molar-refractivity contribution in [3.63, 3.8) is 0 Å². The molecule has 7 nitrogen and oxygen atoms in total. The molecule has 5 N–H and O–H groups in total. The number of amides is 1. The molecule has 2 fully saturated rings. The first-order valence-corrected chi connectivity index (χ1v) is 12.1. The molecule has 0 bridgehead atoms. The fourth-order valence-corrected chi connectivity index (χ4v) is 6.70. The summed E-state index contributed by atoms with van der Waals surface area (Å²) in [6.07, 6.45) is 4.51. The number of aromatic amines is 1. The molecule has 6 atom stereocenters. The summed E-state index contributed by atoms with van der Waals surface area (Å²) in [5.74, 6) is 0.622. The molecule has 0 radical (unpaired) electrons. The Labute approximate surface area is 195 Å². The molecule has 2 aliphatic rings. The Hall–Kier alpha value is -2.09. The van der Waals surface area contributed by atoms with Gasteiger partial charge in [-0.2, -0.15) is 0 Å². The number of ether oxygens (including phenoxy) is 1. The van der Waals surface area contributed by atoms with Crippen LogP contribution in [0.25, 0.3) is 10.9 Å². The second-order valence-corrected chi connectivity index (χ2v) is 10.6. The lowest BCUT2D eigenvalue weighted by molar-refractivity contribution is -0.185. The molecular formula is C26H38N2O5.